The smallest absolute Gasteiger partial charge is 0.239 e. The van der Waals surface area contributed by atoms with Crippen LogP contribution in [0.2, 0.25) is 0 Å². The minimum Gasteiger partial charge on any atom is -0.381 e. The zero-order chi connectivity index (χ0) is 12.7. The van der Waals surface area contributed by atoms with Gasteiger partial charge in [0.05, 0.1) is 6.04 Å². The average Bonchev–Trinajstić information content (AvgIpc) is 2.83. The molecule has 1 heterocycles. The molecule has 0 aromatic rings. The van der Waals surface area contributed by atoms with Crippen LogP contribution in [0, 0.1) is 5.92 Å². The lowest BCUT2D eigenvalue weighted by atomic mass is 10.1. The zero-order valence-corrected chi connectivity index (χ0v) is 11.4. The first kappa shape index (κ1) is 14.5. The Hall–Kier alpha value is -0.610. The quantitative estimate of drug-likeness (QED) is 0.731. The van der Waals surface area contributed by atoms with Crippen LogP contribution >= 0.6 is 0 Å². The summed E-state index contributed by atoms with van der Waals surface area (Å²) in [5.74, 6) is 0.885. The molecule has 0 aromatic heterocycles. The molecule has 4 heteroatoms. The summed E-state index contributed by atoms with van der Waals surface area (Å²) in [5.41, 5.74) is 0. The average molecular weight is 242 g/mol. The van der Waals surface area contributed by atoms with Crippen molar-refractivity contribution in [3.8, 4) is 0 Å². The monoisotopic (exact) mass is 242 g/mol. The van der Waals surface area contributed by atoms with Crippen LogP contribution in [0.5, 0.6) is 0 Å². The summed E-state index contributed by atoms with van der Waals surface area (Å²) in [6.45, 7) is 10.3. The highest BCUT2D eigenvalue weighted by atomic mass is 16.5. The molecule has 1 rings (SSSR count). The van der Waals surface area contributed by atoms with Gasteiger partial charge in [-0.25, -0.2) is 0 Å². The number of ether oxygens (including phenoxy) is 1. The molecular formula is C13H26N2O2. The molecule has 1 N–H and O–H groups in total. The van der Waals surface area contributed by atoms with E-state index in [1.54, 1.807) is 0 Å². The van der Waals surface area contributed by atoms with Crippen molar-refractivity contribution in [2.45, 2.75) is 39.7 Å². The lowest BCUT2D eigenvalue weighted by Crippen LogP contribution is -2.45. The third-order valence-electron chi connectivity index (χ3n) is 3.47. The molecule has 0 aromatic carbocycles. The van der Waals surface area contributed by atoms with Crippen LogP contribution < -0.4 is 5.32 Å². The van der Waals surface area contributed by atoms with Crippen molar-refractivity contribution < 1.29 is 9.53 Å². The van der Waals surface area contributed by atoms with Crippen molar-refractivity contribution >= 4 is 5.91 Å². The van der Waals surface area contributed by atoms with Gasteiger partial charge < -0.3 is 15.0 Å². The molecule has 17 heavy (non-hydrogen) atoms. The van der Waals surface area contributed by atoms with E-state index in [9.17, 15) is 4.79 Å². The SMILES string of the molecule is CCN(CC)C(=O)C(C)NCCC1CCOC1. The van der Waals surface area contributed by atoms with E-state index in [-0.39, 0.29) is 11.9 Å². The maximum atomic E-state index is 12.0. The Morgan fingerprint density at radius 3 is 2.71 bits per heavy atom. The van der Waals surface area contributed by atoms with Gasteiger partial charge in [-0.1, -0.05) is 0 Å². The van der Waals surface area contributed by atoms with E-state index in [1.165, 1.54) is 6.42 Å². The summed E-state index contributed by atoms with van der Waals surface area (Å²) in [4.78, 5) is 13.8. The van der Waals surface area contributed by atoms with Crippen LogP contribution in [0.1, 0.15) is 33.6 Å². The molecule has 1 aliphatic rings. The van der Waals surface area contributed by atoms with Crippen LogP contribution in [0.3, 0.4) is 0 Å². The number of amides is 1. The van der Waals surface area contributed by atoms with E-state index >= 15 is 0 Å². The summed E-state index contributed by atoms with van der Waals surface area (Å²) in [6.07, 6.45) is 2.27. The second-order valence-electron chi connectivity index (χ2n) is 4.70. The molecule has 1 saturated heterocycles. The molecule has 4 nitrogen and oxygen atoms in total. The Morgan fingerprint density at radius 2 is 2.18 bits per heavy atom. The fourth-order valence-electron chi connectivity index (χ4n) is 2.21. The van der Waals surface area contributed by atoms with Crippen LogP contribution in [-0.2, 0) is 9.53 Å². The fraction of sp³-hybridized carbons (Fsp3) is 0.923. The summed E-state index contributed by atoms with van der Waals surface area (Å²) in [6, 6.07) is -0.0720. The highest BCUT2D eigenvalue weighted by Gasteiger charge is 2.19. The molecule has 100 valence electrons. The fourth-order valence-corrected chi connectivity index (χ4v) is 2.21. The summed E-state index contributed by atoms with van der Waals surface area (Å²) >= 11 is 0. The van der Waals surface area contributed by atoms with Gasteiger partial charge in [0, 0.05) is 26.3 Å². The molecule has 0 spiro atoms. The van der Waals surface area contributed by atoms with E-state index in [0.29, 0.717) is 5.92 Å². The molecule has 0 saturated carbocycles. The number of carbonyl (C=O) groups excluding carboxylic acids is 1. The van der Waals surface area contributed by atoms with Crippen molar-refractivity contribution in [1.82, 2.24) is 10.2 Å². The number of likely N-dealkylation sites (N-methyl/N-ethyl adjacent to an activating group) is 1. The van der Waals surface area contributed by atoms with Gasteiger partial charge in [-0.3, -0.25) is 4.79 Å². The van der Waals surface area contributed by atoms with Crippen LogP contribution in [-0.4, -0.2) is 49.7 Å². The van der Waals surface area contributed by atoms with Gasteiger partial charge in [0.2, 0.25) is 5.91 Å². The predicted octanol–water partition coefficient (Wildman–Crippen LogP) is 1.26. The molecule has 0 radical (unpaired) electrons. The highest BCUT2D eigenvalue weighted by molar-refractivity contribution is 5.81. The minimum atomic E-state index is -0.0720. The largest absolute Gasteiger partial charge is 0.381 e. The maximum Gasteiger partial charge on any atom is 0.239 e. The molecule has 1 fully saturated rings. The normalized spacial score (nSPS) is 21.5. The van der Waals surface area contributed by atoms with Crippen LogP contribution in [0.25, 0.3) is 0 Å². The minimum absolute atomic E-state index is 0.0720. The molecule has 1 aliphatic heterocycles. The number of carbonyl (C=O) groups is 1. The van der Waals surface area contributed by atoms with Crippen molar-refractivity contribution in [1.29, 1.82) is 0 Å². The van der Waals surface area contributed by atoms with E-state index in [2.05, 4.69) is 5.32 Å². The summed E-state index contributed by atoms with van der Waals surface area (Å²) in [7, 11) is 0. The van der Waals surface area contributed by atoms with Gasteiger partial charge >= 0.3 is 0 Å². The van der Waals surface area contributed by atoms with Crippen molar-refractivity contribution in [3.63, 3.8) is 0 Å². The Morgan fingerprint density at radius 1 is 1.47 bits per heavy atom. The highest BCUT2D eigenvalue weighted by Crippen LogP contribution is 2.15. The Kier molecular flexibility index (Phi) is 6.52. The van der Waals surface area contributed by atoms with Crippen molar-refractivity contribution in [3.05, 3.63) is 0 Å². The van der Waals surface area contributed by atoms with E-state index < -0.39 is 0 Å². The molecular weight excluding hydrogens is 216 g/mol. The number of hydrogen-bond acceptors (Lipinski definition) is 3. The van der Waals surface area contributed by atoms with Crippen molar-refractivity contribution in [2.24, 2.45) is 5.92 Å². The summed E-state index contributed by atoms with van der Waals surface area (Å²) < 4.78 is 5.33. The number of nitrogens with one attached hydrogen (secondary N) is 1. The Bertz CT molecular complexity index is 223. The van der Waals surface area contributed by atoms with Gasteiger partial charge in [0.25, 0.3) is 0 Å². The molecule has 0 aliphatic carbocycles. The third kappa shape index (κ3) is 4.64. The molecule has 2 unspecified atom stereocenters. The third-order valence-corrected chi connectivity index (χ3v) is 3.47. The lowest BCUT2D eigenvalue weighted by molar-refractivity contribution is -0.132. The van der Waals surface area contributed by atoms with Crippen molar-refractivity contribution in [2.75, 3.05) is 32.8 Å². The number of nitrogens with zero attached hydrogens (tertiary/aromatic N) is 1. The van der Waals surface area contributed by atoms with E-state index in [1.807, 2.05) is 25.7 Å². The van der Waals surface area contributed by atoms with Gasteiger partial charge in [-0.2, -0.15) is 0 Å². The van der Waals surface area contributed by atoms with Crippen LogP contribution in [0.15, 0.2) is 0 Å². The standard InChI is InChI=1S/C13H26N2O2/c1-4-15(5-2)13(16)11(3)14-8-6-12-7-9-17-10-12/h11-12,14H,4-10H2,1-3H3. The second-order valence-corrected chi connectivity index (χ2v) is 4.70. The van der Waals surface area contributed by atoms with Crippen LogP contribution in [0.4, 0.5) is 0 Å². The van der Waals surface area contributed by atoms with Gasteiger partial charge in [0.1, 0.15) is 0 Å². The van der Waals surface area contributed by atoms with Gasteiger partial charge in [-0.05, 0) is 46.1 Å². The first-order valence-corrected chi connectivity index (χ1v) is 6.78. The lowest BCUT2D eigenvalue weighted by Gasteiger charge is -2.23. The predicted molar refractivity (Wildman–Crippen MR) is 68.9 cm³/mol. The molecule has 0 bridgehead atoms. The number of rotatable bonds is 7. The topological polar surface area (TPSA) is 41.6 Å². The Labute approximate surface area is 105 Å². The maximum absolute atomic E-state index is 12.0. The van der Waals surface area contributed by atoms with E-state index in [0.717, 1.165) is 39.3 Å². The first-order valence-electron chi connectivity index (χ1n) is 6.78. The second kappa shape index (κ2) is 7.67. The number of hydrogen-bond donors (Lipinski definition) is 1. The molecule has 1 amide bonds. The van der Waals surface area contributed by atoms with Gasteiger partial charge in [0.15, 0.2) is 0 Å². The molecule has 2 atom stereocenters. The summed E-state index contributed by atoms with van der Waals surface area (Å²) in [5, 5.41) is 3.31. The first-order chi connectivity index (χ1) is 8.19. The van der Waals surface area contributed by atoms with E-state index in [4.69, 9.17) is 4.74 Å². The van der Waals surface area contributed by atoms with Gasteiger partial charge in [-0.15, -0.1) is 0 Å². The zero-order valence-electron chi connectivity index (χ0n) is 11.4. The Balaban J connectivity index is 2.18.